The molecule has 0 bridgehead atoms. The number of benzene rings is 1. The maximum atomic E-state index is 11.0. The second kappa shape index (κ2) is 8.79. The summed E-state index contributed by atoms with van der Waals surface area (Å²) in [6, 6.07) is 5.54. The van der Waals surface area contributed by atoms with Crippen LogP contribution in [0, 0.1) is 5.92 Å². The summed E-state index contributed by atoms with van der Waals surface area (Å²) in [6.07, 6.45) is 0. The molecule has 0 fully saturated rings. The Hall–Kier alpha value is -1.30. The molecule has 6 heteroatoms. The molecule has 1 rings (SSSR count). The predicted octanol–water partition coefficient (Wildman–Crippen LogP) is 1.58. The SMILES string of the molecule is COCCNCc1cccc(Cl)c1OCC(C)C(N)=O. The minimum atomic E-state index is -0.392. The van der Waals surface area contributed by atoms with Gasteiger partial charge in [-0.15, -0.1) is 0 Å². The summed E-state index contributed by atoms with van der Waals surface area (Å²) < 4.78 is 10.6. The van der Waals surface area contributed by atoms with Gasteiger partial charge in [-0.2, -0.15) is 0 Å². The standard InChI is InChI=1S/C14H21ClN2O3/c1-10(14(16)18)9-20-13-11(4-3-5-12(13)15)8-17-6-7-19-2/h3-5,10,17H,6-9H2,1-2H3,(H2,16,18). The summed E-state index contributed by atoms with van der Waals surface area (Å²) in [5.74, 6) is -0.162. The van der Waals surface area contributed by atoms with Crippen molar-refractivity contribution in [1.29, 1.82) is 0 Å². The highest BCUT2D eigenvalue weighted by atomic mass is 35.5. The average Bonchev–Trinajstić information content (AvgIpc) is 2.42. The van der Waals surface area contributed by atoms with Crippen LogP contribution < -0.4 is 15.8 Å². The normalized spacial score (nSPS) is 12.2. The van der Waals surface area contributed by atoms with Crippen LogP contribution in [-0.2, 0) is 16.1 Å². The van der Waals surface area contributed by atoms with Crippen molar-refractivity contribution < 1.29 is 14.3 Å². The van der Waals surface area contributed by atoms with E-state index in [4.69, 9.17) is 26.8 Å². The van der Waals surface area contributed by atoms with Crippen molar-refractivity contribution >= 4 is 17.5 Å². The zero-order valence-electron chi connectivity index (χ0n) is 11.8. The van der Waals surface area contributed by atoms with Crippen molar-refractivity contribution in [3.63, 3.8) is 0 Å². The van der Waals surface area contributed by atoms with Crippen LogP contribution in [0.4, 0.5) is 0 Å². The summed E-state index contributed by atoms with van der Waals surface area (Å²) in [6.45, 7) is 3.92. The summed E-state index contributed by atoms with van der Waals surface area (Å²) >= 11 is 6.14. The lowest BCUT2D eigenvalue weighted by Gasteiger charge is -2.15. The number of hydrogen-bond acceptors (Lipinski definition) is 4. The number of halogens is 1. The van der Waals surface area contributed by atoms with Gasteiger partial charge in [0.15, 0.2) is 0 Å². The van der Waals surface area contributed by atoms with Crippen LogP contribution in [0.2, 0.25) is 5.02 Å². The number of nitrogens with one attached hydrogen (secondary N) is 1. The summed E-state index contributed by atoms with van der Waals surface area (Å²) in [5.41, 5.74) is 6.15. The summed E-state index contributed by atoms with van der Waals surface area (Å²) in [5, 5.41) is 3.75. The molecule has 0 saturated heterocycles. The Bertz CT molecular complexity index is 440. The van der Waals surface area contributed by atoms with Crippen LogP contribution in [-0.4, -0.2) is 32.8 Å². The van der Waals surface area contributed by atoms with Crippen molar-refractivity contribution in [2.45, 2.75) is 13.5 Å². The third-order valence-corrected chi connectivity index (χ3v) is 3.11. The second-order valence-corrected chi connectivity index (χ2v) is 4.92. The van der Waals surface area contributed by atoms with Gasteiger partial charge in [0.25, 0.3) is 0 Å². The maximum Gasteiger partial charge on any atom is 0.223 e. The maximum absolute atomic E-state index is 11.0. The summed E-state index contributed by atoms with van der Waals surface area (Å²) in [4.78, 5) is 11.0. The molecular weight excluding hydrogens is 280 g/mol. The van der Waals surface area contributed by atoms with Gasteiger partial charge in [-0.3, -0.25) is 4.79 Å². The Labute approximate surface area is 124 Å². The van der Waals surface area contributed by atoms with Crippen molar-refractivity contribution in [2.75, 3.05) is 26.9 Å². The smallest absolute Gasteiger partial charge is 0.223 e. The molecular formula is C14H21ClN2O3. The molecule has 1 aromatic carbocycles. The molecule has 20 heavy (non-hydrogen) atoms. The van der Waals surface area contributed by atoms with Crippen LogP contribution in [0.5, 0.6) is 5.75 Å². The minimum absolute atomic E-state index is 0.212. The monoisotopic (exact) mass is 300 g/mol. The fourth-order valence-electron chi connectivity index (χ4n) is 1.54. The Morgan fingerprint density at radius 2 is 2.25 bits per heavy atom. The van der Waals surface area contributed by atoms with Gasteiger partial charge in [-0.1, -0.05) is 30.7 Å². The lowest BCUT2D eigenvalue weighted by atomic mass is 10.1. The molecule has 0 aromatic heterocycles. The Morgan fingerprint density at radius 1 is 1.50 bits per heavy atom. The first-order valence-corrected chi connectivity index (χ1v) is 6.83. The van der Waals surface area contributed by atoms with E-state index in [1.54, 1.807) is 20.1 Å². The number of nitrogens with two attached hydrogens (primary N) is 1. The van der Waals surface area contributed by atoms with Crippen molar-refractivity contribution in [2.24, 2.45) is 11.7 Å². The van der Waals surface area contributed by atoms with Crippen molar-refractivity contribution in [1.82, 2.24) is 5.32 Å². The number of rotatable bonds is 9. The Balaban J connectivity index is 2.65. The largest absolute Gasteiger partial charge is 0.491 e. The van der Waals surface area contributed by atoms with Crippen molar-refractivity contribution in [3.05, 3.63) is 28.8 Å². The van der Waals surface area contributed by atoms with E-state index in [0.29, 0.717) is 23.9 Å². The van der Waals surface area contributed by atoms with Gasteiger partial charge in [0.2, 0.25) is 5.91 Å². The number of hydrogen-bond donors (Lipinski definition) is 2. The molecule has 1 atom stereocenters. The minimum Gasteiger partial charge on any atom is -0.491 e. The number of para-hydroxylation sites is 1. The molecule has 1 aromatic rings. The highest BCUT2D eigenvalue weighted by Crippen LogP contribution is 2.29. The first-order chi connectivity index (χ1) is 9.56. The zero-order valence-corrected chi connectivity index (χ0v) is 12.6. The second-order valence-electron chi connectivity index (χ2n) is 4.51. The lowest BCUT2D eigenvalue weighted by Crippen LogP contribution is -2.26. The van der Waals surface area contributed by atoms with Crippen LogP contribution in [0.1, 0.15) is 12.5 Å². The van der Waals surface area contributed by atoms with Gasteiger partial charge in [0.1, 0.15) is 5.75 Å². The number of carbonyl (C=O) groups excluding carboxylic acids is 1. The number of ether oxygens (including phenoxy) is 2. The van der Waals surface area contributed by atoms with Gasteiger partial charge >= 0.3 is 0 Å². The Morgan fingerprint density at radius 3 is 2.90 bits per heavy atom. The topological polar surface area (TPSA) is 73.6 Å². The molecule has 0 aliphatic carbocycles. The van der Waals surface area contributed by atoms with Gasteiger partial charge < -0.3 is 20.5 Å². The quantitative estimate of drug-likeness (QED) is 0.679. The highest BCUT2D eigenvalue weighted by molar-refractivity contribution is 6.32. The molecule has 1 amide bonds. The van der Waals surface area contributed by atoms with Gasteiger partial charge in [-0.05, 0) is 6.07 Å². The predicted molar refractivity (Wildman–Crippen MR) is 78.9 cm³/mol. The number of amides is 1. The fourth-order valence-corrected chi connectivity index (χ4v) is 1.79. The first kappa shape index (κ1) is 16.8. The van der Waals surface area contributed by atoms with E-state index in [0.717, 1.165) is 12.1 Å². The van der Waals surface area contributed by atoms with E-state index >= 15 is 0 Å². The molecule has 0 aliphatic rings. The third-order valence-electron chi connectivity index (χ3n) is 2.81. The van der Waals surface area contributed by atoms with Crippen LogP contribution in [0.3, 0.4) is 0 Å². The Kier molecular flexibility index (Phi) is 7.36. The number of methoxy groups -OCH3 is 1. The first-order valence-electron chi connectivity index (χ1n) is 6.45. The molecule has 0 aliphatic heterocycles. The van der Waals surface area contributed by atoms with E-state index in [9.17, 15) is 4.79 Å². The lowest BCUT2D eigenvalue weighted by molar-refractivity contribution is -0.122. The zero-order chi connectivity index (χ0) is 15.0. The van der Waals surface area contributed by atoms with E-state index in [2.05, 4.69) is 5.32 Å². The van der Waals surface area contributed by atoms with Gasteiger partial charge in [0, 0.05) is 25.8 Å². The molecule has 3 N–H and O–H groups in total. The molecule has 0 spiro atoms. The van der Waals surface area contributed by atoms with E-state index in [1.165, 1.54) is 0 Å². The summed E-state index contributed by atoms with van der Waals surface area (Å²) in [7, 11) is 1.65. The average molecular weight is 301 g/mol. The highest BCUT2D eigenvalue weighted by Gasteiger charge is 2.13. The number of primary amides is 1. The van der Waals surface area contributed by atoms with Crippen LogP contribution in [0.25, 0.3) is 0 Å². The molecule has 0 radical (unpaired) electrons. The van der Waals surface area contributed by atoms with E-state index in [-0.39, 0.29) is 12.5 Å². The number of carbonyl (C=O) groups is 1. The van der Waals surface area contributed by atoms with Gasteiger partial charge in [0.05, 0.1) is 24.2 Å². The van der Waals surface area contributed by atoms with Crippen molar-refractivity contribution in [3.8, 4) is 5.75 Å². The van der Waals surface area contributed by atoms with Gasteiger partial charge in [-0.25, -0.2) is 0 Å². The fraction of sp³-hybridized carbons (Fsp3) is 0.500. The molecule has 5 nitrogen and oxygen atoms in total. The van der Waals surface area contributed by atoms with E-state index in [1.807, 2.05) is 12.1 Å². The van der Waals surface area contributed by atoms with Crippen LogP contribution >= 0.6 is 11.6 Å². The third kappa shape index (κ3) is 5.36. The molecule has 0 heterocycles. The molecule has 1 unspecified atom stereocenters. The van der Waals surface area contributed by atoms with E-state index < -0.39 is 5.91 Å². The molecule has 112 valence electrons. The van der Waals surface area contributed by atoms with Crippen LogP contribution in [0.15, 0.2) is 18.2 Å². The molecule has 0 saturated carbocycles.